The first-order chi connectivity index (χ1) is 8.70. The molecule has 1 atom stereocenters. The maximum Gasteiger partial charge on any atom is 0.264 e. The number of ether oxygens (including phenoxy) is 1. The molecular weight excluding hydrogens is 236 g/mol. The van der Waals surface area contributed by atoms with Crippen molar-refractivity contribution in [3.63, 3.8) is 0 Å². The van der Waals surface area contributed by atoms with Gasteiger partial charge in [0, 0.05) is 5.56 Å². The average molecular weight is 255 g/mol. The molecule has 4 heteroatoms. The van der Waals surface area contributed by atoms with Crippen molar-refractivity contribution < 1.29 is 13.5 Å². The highest BCUT2D eigenvalue weighted by Crippen LogP contribution is 2.29. The van der Waals surface area contributed by atoms with Crippen molar-refractivity contribution in [2.45, 2.75) is 25.7 Å². The van der Waals surface area contributed by atoms with Crippen LogP contribution >= 0.6 is 0 Å². The molecule has 1 heterocycles. The van der Waals surface area contributed by atoms with Gasteiger partial charge in [0.25, 0.3) is 6.43 Å². The summed E-state index contributed by atoms with van der Waals surface area (Å²) in [6.07, 6.45) is 0.512. The molecule has 100 valence electrons. The molecule has 1 fully saturated rings. The first kappa shape index (κ1) is 13.3. The van der Waals surface area contributed by atoms with Gasteiger partial charge < -0.3 is 10.1 Å². The Morgan fingerprint density at radius 1 is 1.44 bits per heavy atom. The first-order valence-electron chi connectivity index (χ1n) is 6.36. The van der Waals surface area contributed by atoms with E-state index in [2.05, 4.69) is 5.32 Å². The Morgan fingerprint density at radius 2 is 2.28 bits per heavy atom. The second-order valence-electron chi connectivity index (χ2n) is 4.78. The molecule has 1 aromatic carbocycles. The van der Waals surface area contributed by atoms with Crippen molar-refractivity contribution in [2.75, 3.05) is 20.2 Å². The van der Waals surface area contributed by atoms with Crippen molar-refractivity contribution in [3.8, 4) is 5.75 Å². The van der Waals surface area contributed by atoms with Crippen LogP contribution in [0, 0.1) is 5.92 Å². The summed E-state index contributed by atoms with van der Waals surface area (Å²) in [6, 6.07) is 4.83. The van der Waals surface area contributed by atoms with E-state index >= 15 is 0 Å². The van der Waals surface area contributed by atoms with Crippen molar-refractivity contribution in [1.29, 1.82) is 0 Å². The summed E-state index contributed by atoms with van der Waals surface area (Å²) in [5.74, 6) is 1.10. The highest BCUT2D eigenvalue weighted by molar-refractivity contribution is 5.36. The smallest absolute Gasteiger partial charge is 0.264 e. The zero-order valence-electron chi connectivity index (χ0n) is 10.6. The molecule has 1 aliphatic heterocycles. The van der Waals surface area contributed by atoms with Gasteiger partial charge in [-0.2, -0.15) is 0 Å². The second kappa shape index (κ2) is 6.14. The molecule has 0 radical (unpaired) electrons. The van der Waals surface area contributed by atoms with Gasteiger partial charge in [-0.05, 0) is 62.0 Å². The summed E-state index contributed by atoms with van der Waals surface area (Å²) in [7, 11) is 1.56. The second-order valence-corrected chi connectivity index (χ2v) is 4.78. The summed E-state index contributed by atoms with van der Waals surface area (Å²) in [5, 5.41) is 3.31. The van der Waals surface area contributed by atoms with Gasteiger partial charge in [0.05, 0.1) is 7.11 Å². The maximum absolute atomic E-state index is 13.0. The maximum atomic E-state index is 13.0. The van der Waals surface area contributed by atoms with Crippen LogP contribution in [-0.2, 0) is 6.42 Å². The third-order valence-corrected chi connectivity index (χ3v) is 3.49. The van der Waals surface area contributed by atoms with Gasteiger partial charge in [0.15, 0.2) is 0 Å². The van der Waals surface area contributed by atoms with E-state index in [9.17, 15) is 8.78 Å². The van der Waals surface area contributed by atoms with Crippen molar-refractivity contribution in [3.05, 3.63) is 29.3 Å². The van der Waals surface area contributed by atoms with Crippen LogP contribution in [0.2, 0.25) is 0 Å². The van der Waals surface area contributed by atoms with Gasteiger partial charge in [0.1, 0.15) is 5.75 Å². The molecule has 0 aromatic heterocycles. The lowest BCUT2D eigenvalue weighted by atomic mass is 9.90. The van der Waals surface area contributed by atoms with Gasteiger partial charge in [-0.1, -0.05) is 0 Å². The van der Waals surface area contributed by atoms with Crippen LogP contribution in [0.5, 0.6) is 5.75 Å². The van der Waals surface area contributed by atoms with Crippen LogP contribution in [0.25, 0.3) is 0 Å². The summed E-state index contributed by atoms with van der Waals surface area (Å²) >= 11 is 0. The summed E-state index contributed by atoms with van der Waals surface area (Å²) in [6.45, 7) is 1.95. The minimum Gasteiger partial charge on any atom is -0.497 e. The Kier molecular flexibility index (Phi) is 4.53. The molecule has 2 nitrogen and oxygen atoms in total. The third-order valence-electron chi connectivity index (χ3n) is 3.49. The molecule has 0 saturated carbocycles. The molecule has 1 N–H and O–H groups in total. The van der Waals surface area contributed by atoms with Crippen LogP contribution in [0.4, 0.5) is 8.78 Å². The molecule has 0 bridgehead atoms. The lowest BCUT2D eigenvalue weighted by Crippen LogP contribution is -2.31. The third kappa shape index (κ3) is 3.19. The molecule has 1 aromatic rings. The van der Waals surface area contributed by atoms with E-state index in [-0.39, 0.29) is 5.56 Å². The highest BCUT2D eigenvalue weighted by Gasteiger charge is 2.19. The van der Waals surface area contributed by atoms with E-state index in [0.717, 1.165) is 31.5 Å². The van der Waals surface area contributed by atoms with Crippen LogP contribution in [0.15, 0.2) is 18.2 Å². The predicted octanol–water partition coefficient (Wildman–Crippen LogP) is 3.17. The fourth-order valence-corrected chi connectivity index (χ4v) is 2.51. The lowest BCUT2D eigenvalue weighted by Gasteiger charge is -2.24. The Bertz CT molecular complexity index is 389. The Morgan fingerprint density at radius 3 is 2.89 bits per heavy atom. The van der Waals surface area contributed by atoms with Crippen molar-refractivity contribution in [2.24, 2.45) is 5.92 Å². The highest BCUT2D eigenvalue weighted by atomic mass is 19.3. The standard InChI is InChI=1S/C14H19F2NO/c1-18-12-4-5-13(14(15)16)11(8-12)7-10-3-2-6-17-9-10/h4-5,8,10,14,17H,2-3,6-7,9H2,1H3. The van der Waals surface area contributed by atoms with E-state index in [1.807, 2.05) is 0 Å². The van der Waals surface area contributed by atoms with Crippen LogP contribution in [0.1, 0.15) is 30.4 Å². The number of alkyl halides is 2. The van der Waals surface area contributed by atoms with Crippen molar-refractivity contribution >= 4 is 0 Å². The quantitative estimate of drug-likeness (QED) is 0.892. The lowest BCUT2D eigenvalue weighted by molar-refractivity contribution is 0.149. The van der Waals surface area contributed by atoms with Gasteiger partial charge in [0.2, 0.25) is 0 Å². The Hall–Kier alpha value is -1.16. The summed E-state index contributed by atoms with van der Waals surface area (Å²) in [5.41, 5.74) is 0.861. The fourth-order valence-electron chi connectivity index (χ4n) is 2.51. The Balaban J connectivity index is 2.17. The SMILES string of the molecule is COc1ccc(C(F)F)c(CC2CCCNC2)c1. The van der Waals surface area contributed by atoms with Gasteiger partial charge >= 0.3 is 0 Å². The number of halogens is 2. The number of benzene rings is 1. The molecular formula is C14H19F2NO. The van der Waals surface area contributed by atoms with E-state index in [1.54, 1.807) is 19.2 Å². The number of piperidine rings is 1. The zero-order chi connectivity index (χ0) is 13.0. The van der Waals surface area contributed by atoms with Crippen molar-refractivity contribution in [1.82, 2.24) is 5.32 Å². The number of hydrogen-bond acceptors (Lipinski definition) is 2. The normalized spacial score (nSPS) is 20.1. The molecule has 1 unspecified atom stereocenters. The molecule has 1 aliphatic rings. The first-order valence-corrected chi connectivity index (χ1v) is 6.36. The summed E-state index contributed by atoms with van der Waals surface area (Å²) in [4.78, 5) is 0. The van der Waals surface area contributed by atoms with Gasteiger partial charge in [-0.15, -0.1) is 0 Å². The largest absolute Gasteiger partial charge is 0.497 e. The van der Waals surface area contributed by atoms with Crippen LogP contribution < -0.4 is 10.1 Å². The van der Waals surface area contributed by atoms with E-state index < -0.39 is 6.43 Å². The number of rotatable bonds is 4. The van der Waals surface area contributed by atoms with Gasteiger partial charge in [-0.25, -0.2) is 8.78 Å². The monoisotopic (exact) mass is 255 g/mol. The van der Waals surface area contributed by atoms with E-state index in [0.29, 0.717) is 18.1 Å². The molecule has 0 spiro atoms. The fraction of sp³-hybridized carbons (Fsp3) is 0.571. The topological polar surface area (TPSA) is 21.3 Å². The minimum atomic E-state index is -2.41. The van der Waals surface area contributed by atoms with Crippen LogP contribution in [-0.4, -0.2) is 20.2 Å². The van der Waals surface area contributed by atoms with E-state index in [1.165, 1.54) is 6.07 Å². The zero-order valence-corrected chi connectivity index (χ0v) is 10.6. The van der Waals surface area contributed by atoms with Gasteiger partial charge in [-0.3, -0.25) is 0 Å². The molecule has 18 heavy (non-hydrogen) atoms. The number of methoxy groups -OCH3 is 1. The molecule has 2 rings (SSSR count). The molecule has 0 amide bonds. The molecule has 0 aliphatic carbocycles. The molecule has 1 saturated heterocycles. The Labute approximate surface area is 106 Å². The minimum absolute atomic E-state index is 0.140. The predicted molar refractivity (Wildman–Crippen MR) is 67.2 cm³/mol. The van der Waals surface area contributed by atoms with E-state index in [4.69, 9.17) is 4.74 Å². The number of nitrogens with one attached hydrogen (secondary N) is 1. The average Bonchev–Trinajstić information content (AvgIpc) is 2.39. The van der Waals surface area contributed by atoms with Crippen LogP contribution in [0.3, 0.4) is 0 Å². The summed E-state index contributed by atoms with van der Waals surface area (Å²) < 4.78 is 31.0. The number of hydrogen-bond donors (Lipinski definition) is 1.